The maximum Gasteiger partial charge on any atom is 0.526 e. The summed E-state index contributed by atoms with van der Waals surface area (Å²) in [5, 5.41) is 60.7. The number of para-hydroxylation sites is 6. The summed E-state index contributed by atoms with van der Waals surface area (Å²) in [5.41, 5.74) is 5.85. The second kappa shape index (κ2) is 55.1. The standard InChI is InChI=1S/C19H25BO7.2C17H23BO5.C16H21BO5.C15H19BO5.C14H17BO5/c1-5-14(21)10-13-9-12-7-6-8-15(16(12)27-20(13)24)17(22)25-11-26-18(23)19(2,3)4;1-4-14(19)9-13-8-12-6-5-7-15(16(12)23-18(13)21)17(20)22-10-11(2)3;1-3-5-9-22-17(20)15-8-6-7-12-10-13(11-14(19)4-2)18(21)23-16(12)15;1-3-8-21-16(19)14-7-5-6-11-9-12(10-13(18)4-2)17(20)22-15(11)14;1-3-12(17)9-11-8-10-6-5-7-13(15(18)20-4-2)14(10)21-16(11)19;1-3-11(16)8-10-7-9-5-4-6-12(14(17)19-2)13(9)20-15(10)18/h6-8,13,24H,5,9-11H2,1-4H3;5-7,11,13,21H,4,8-10H2,1-3H3;6-8,13,21H,3-5,9-11H2,1-2H3;5-7,12,20H,3-4,8-10H2,1-2H3;5-7,11,19H,3-4,8-9H2,1-2H3;4-6,10,18H,3,7-8H2,1-2H3/t3*13-;12-;11-;10-/m111111/s1. The van der Waals surface area contributed by atoms with Gasteiger partial charge in [0, 0.05) is 112 Å². The van der Waals surface area contributed by atoms with Gasteiger partial charge in [0.25, 0.3) is 0 Å². The first-order valence-electron chi connectivity index (χ1n) is 46.8. The first kappa shape index (κ1) is 112. The lowest BCUT2D eigenvalue weighted by molar-refractivity contribution is -0.161. The largest absolute Gasteiger partial charge is 0.535 e. The molecule has 0 aromatic heterocycles. The SMILES string of the molecule is CCC(=O)C[C@H]1Cc2cccc(C(=O)OC)c2OB1O.CCC(=O)C[C@H]1Cc2cccc(C(=O)OCC(C)C)c2OB1O.CCC(=O)C[C@H]1Cc2cccc(C(=O)OCOC(=O)C(C)(C)C)c2OB1O.CCCCOC(=O)c1cccc2c1OB(O)[C@@H](CC(=O)CC)C2.CCCOC(=O)c1cccc2c1OB(O)[C@@H](CC(=O)CC)C2.CCOC(=O)c1cccc2c1OB(O)[C@@H](CC(=O)CC)C2. The van der Waals surface area contributed by atoms with E-state index < -0.39 is 96.7 Å². The molecule has 0 fully saturated rings. The van der Waals surface area contributed by atoms with Crippen molar-refractivity contribution in [2.75, 3.05) is 40.3 Å². The van der Waals surface area contributed by atoms with Crippen molar-refractivity contribution in [3.05, 3.63) is 176 Å². The molecule has 6 aliphatic heterocycles. The number of carbonyl (C=O) groups excluding carboxylic acids is 13. The number of ether oxygens (including phenoxy) is 7. The fourth-order valence-corrected chi connectivity index (χ4v) is 15.3. The maximum atomic E-state index is 12.3. The van der Waals surface area contributed by atoms with Crippen LogP contribution < -0.4 is 27.9 Å². The third kappa shape index (κ3) is 32.6. The van der Waals surface area contributed by atoms with Crippen molar-refractivity contribution < 1.29 is 154 Å². The zero-order valence-corrected chi connectivity index (χ0v) is 80.6. The van der Waals surface area contributed by atoms with Crippen molar-refractivity contribution in [3.63, 3.8) is 0 Å². The minimum atomic E-state index is -1.18. The average Bonchev–Trinajstić information content (AvgIpc) is 0.805. The van der Waals surface area contributed by atoms with E-state index in [1.165, 1.54) is 13.2 Å². The summed E-state index contributed by atoms with van der Waals surface area (Å²) < 4.78 is 68.3. The van der Waals surface area contributed by atoms with E-state index in [4.69, 9.17) is 61.1 Å². The van der Waals surface area contributed by atoms with Crippen LogP contribution >= 0.6 is 0 Å². The lowest BCUT2D eigenvalue weighted by Gasteiger charge is -2.28. The molecule has 0 saturated carbocycles. The Morgan fingerprint density at radius 3 is 0.779 bits per heavy atom. The van der Waals surface area contributed by atoms with Crippen LogP contribution in [0, 0.1) is 11.3 Å². The van der Waals surface area contributed by atoms with Crippen LogP contribution in [0.3, 0.4) is 0 Å². The fraction of sp³-hybridized carbons (Fsp3) is 0.500. The van der Waals surface area contributed by atoms with Gasteiger partial charge in [0.15, 0.2) is 0 Å². The van der Waals surface area contributed by atoms with Crippen LogP contribution in [-0.2, 0) is 105 Å². The van der Waals surface area contributed by atoms with Gasteiger partial charge in [-0.3, -0.25) is 33.6 Å². The summed E-state index contributed by atoms with van der Waals surface area (Å²) in [6.45, 7) is 26.3. The van der Waals surface area contributed by atoms with Crippen LogP contribution in [0.4, 0.5) is 0 Å². The Kier molecular flexibility index (Phi) is 45.2. The van der Waals surface area contributed by atoms with Gasteiger partial charge in [-0.1, -0.05) is 148 Å². The number of methoxy groups -OCH3 is 1. The Balaban J connectivity index is 0.000000223. The molecular formula is C98H128B6O32. The highest BCUT2D eigenvalue weighted by atomic mass is 16.7. The number of carbonyl (C=O) groups is 13. The topological polar surface area (TPSA) is 463 Å². The van der Waals surface area contributed by atoms with Crippen molar-refractivity contribution in [1.29, 1.82) is 0 Å². The summed E-state index contributed by atoms with van der Waals surface area (Å²) in [6, 6.07) is 31.1. The number of hydrogen-bond acceptors (Lipinski definition) is 32. The van der Waals surface area contributed by atoms with Gasteiger partial charge in [-0.15, -0.1) is 0 Å². The first-order valence-corrected chi connectivity index (χ1v) is 46.8. The predicted octanol–water partition coefficient (Wildman–Crippen LogP) is 14.1. The molecule has 6 N–H and O–H groups in total. The molecule has 0 spiro atoms. The zero-order chi connectivity index (χ0) is 100. The smallest absolute Gasteiger partial charge is 0.526 e. The normalized spacial score (nSPS) is 16.7. The molecule has 136 heavy (non-hydrogen) atoms. The van der Waals surface area contributed by atoms with Gasteiger partial charge in [0.2, 0.25) is 6.79 Å². The quantitative estimate of drug-likeness (QED) is 0.00718. The minimum absolute atomic E-state index is 0.0438. The van der Waals surface area contributed by atoms with Crippen molar-refractivity contribution in [3.8, 4) is 34.5 Å². The molecule has 6 aromatic rings. The highest BCUT2D eigenvalue weighted by Gasteiger charge is 2.45. The van der Waals surface area contributed by atoms with Crippen LogP contribution in [0.2, 0.25) is 34.9 Å². The van der Waals surface area contributed by atoms with Crippen LogP contribution in [0.5, 0.6) is 34.5 Å². The number of hydrogen-bond donors (Lipinski definition) is 6. The van der Waals surface area contributed by atoms with E-state index in [9.17, 15) is 92.5 Å². The van der Waals surface area contributed by atoms with E-state index >= 15 is 0 Å². The van der Waals surface area contributed by atoms with Crippen LogP contribution in [0.1, 0.15) is 289 Å². The molecule has 0 amide bonds. The molecule has 32 nitrogen and oxygen atoms in total. The summed E-state index contributed by atoms with van der Waals surface area (Å²) in [7, 11) is -5.29. The maximum absolute atomic E-state index is 12.3. The van der Waals surface area contributed by atoms with Crippen LogP contribution in [0.15, 0.2) is 109 Å². The van der Waals surface area contributed by atoms with Crippen molar-refractivity contribution >= 4 is 119 Å². The van der Waals surface area contributed by atoms with E-state index in [0.29, 0.717) is 153 Å². The number of Topliss-reactive ketones (excluding diaryl/α,β-unsaturated/α-hetero) is 6. The number of esters is 7. The van der Waals surface area contributed by atoms with Gasteiger partial charge in [-0.25, -0.2) is 28.8 Å². The van der Waals surface area contributed by atoms with Crippen molar-refractivity contribution in [2.45, 2.75) is 267 Å². The lowest BCUT2D eigenvalue weighted by Crippen LogP contribution is -2.36. The molecule has 38 heteroatoms. The molecule has 0 bridgehead atoms. The molecule has 6 aromatic carbocycles. The Morgan fingerprint density at radius 2 is 0.559 bits per heavy atom. The number of benzene rings is 6. The summed E-state index contributed by atoms with van der Waals surface area (Å²) in [4.78, 5) is 154. The Morgan fingerprint density at radius 1 is 0.324 bits per heavy atom. The Bertz CT molecular complexity index is 5110. The number of ketones is 6. The second-order valence-electron chi connectivity index (χ2n) is 35.2. The third-order valence-electron chi connectivity index (χ3n) is 23.1. The number of rotatable bonds is 34. The summed E-state index contributed by atoms with van der Waals surface area (Å²) in [6.07, 6.45) is 9.69. The van der Waals surface area contributed by atoms with Crippen LogP contribution in [0.25, 0.3) is 0 Å². The molecule has 0 aliphatic carbocycles. The van der Waals surface area contributed by atoms with Gasteiger partial charge in [-0.2, -0.15) is 0 Å². The van der Waals surface area contributed by atoms with Gasteiger partial charge >= 0.3 is 84.5 Å². The molecular weight excluding hydrogens is 1750 g/mol. The van der Waals surface area contributed by atoms with E-state index in [2.05, 4.69) is 0 Å². The highest BCUT2D eigenvalue weighted by Crippen LogP contribution is 2.44. The number of fused-ring (bicyclic) bond motifs is 6. The monoisotopic (exact) mass is 1880 g/mol. The molecule has 6 aliphatic rings. The fourth-order valence-electron chi connectivity index (χ4n) is 15.3. The van der Waals surface area contributed by atoms with E-state index in [0.717, 1.165) is 52.6 Å². The molecule has 6 atom stereocenters. The van der Waals surface area contributed by atoms with Crippen molar-refractivity contribution in [1.82, 2.24) is 0 Å². The van der Waals surface area contributed by atoms with Gasteiger partial charge in [0.1, 0.15) is 103 Å². The molecule has 6 heterocycles. The first-order chi connectivity index (χ1) is 64.8. The lowest BCUT2D eigenvalue weighted by atomic mass is 9.64. The summed E-state index contributed by atoms with van der Waals surface area (Å²) >= 11 is 0. The van der Waals surface area contributed by atoms with Gasteiger partial charge in [0.05, 0.1) is 39.0 Å². The zero-order valence-electron chi connectivity index (χ0n) is 80.6. The Labute approximate surface area is 797 Å². The minimum Gasteiger partial charge on any atom is -0.535 e. The number of unbranched alkanes of at least 4 members (excludes halogenated alkanes) is 1. The van der Waals surface area contributed by atoms with Gasteiger partial charge in [-0.05, 0) is 155 Å². The molecule has 0 radical (unpaired) electrons. The second-order valence-corrected chi connectivity index (χ2v) is 35.2. The molecule has 0 saturated heterocycles. The average molecular weight is 1880 g/mol. The Hall–Kier alpha value is -11.4. The molecule has 12 rings (SSSR count). The highest BCUT2D eigenvalue weighted by molar-refractivity contribution is 6.49. The van der Waals surface area contributed by atoms with E-state index in [1.807, 2.05) is 58.0 Å². The summed E-state index contributed by atoms with van der Waals surface area (Å²) in [5.74, 6) is -2.44. The van der Waals surface area contributed by atoms with E-state index in [-0.39, 0.29) is 132 Å². The van der Waals surface area contributed by atoms with Crippen LogP contribution in [-0.4, -0.2) is 190 Å². The molecule has 730 valence electrons. The van der Waals surface area contributed by atoms with Crippen molar-refractivity contribution in [2.24, 2.45) is 11.3 Å². The predicted molar refractivity (Wildman–Crippen MR) is 508 cm³/mol. The third-order valence-corrected chi connectivity index (χ3v) is 23.1. The van der Waals surface area contributed by atoms with Gasteiger partial charge < -0.3 is 91.2 Å². The molecule has 0 unspecified atom stereocenters. The van der Waals surface area contributed by atoms with E-state index in [1.54, 1.807) is 142 Å².